The summed E-state index contributed by atoms with van der Waals surface area (Å²) in [6.45, 7) is 0. The number of carbonyl (C=O) groups is 1. The number of nitrogens with zero attached hydrogens (tertiary/aromatic N) is 2. The monoisotopic (exact) mass is 358 g/mol. The number of nitrogens with two attached hydrogens (primary N) is 1. The standard InChI is InChI=1S/C17H15ClN4O3/c1-24-13-7-10-12(8-14(13)25-2)21-17(18)22-16(10)20-11-6-4-3-5-9(11)15(19)23/h3-8H,1-2H3,(H2,19,23)(H,20,21,22). The lowest BCUT2D eigenvalue weighted by Gasteiger charge is -2.14. The molecule has 3 N–H and O–H groups in total. The van der Waals surface area contributed by atoms with Crippen molar-refractivity contribution in [3.05, 3.63) is 47.2 Å². The SMILES string of the molecule is COc1cc2nc(Cl)nc(Nc3ccccc3C(N)=O)c2cc1OC. The molecule has 128 valence electrons. The van der Waals surface area contributed by atoms with E-state index in [0.29, 0.717) is 39.5 Å². The summed E-state index contributed by atoms with van der Waals surface area (Å²) >= 11 is 6.04. The minimum Gasteiger partial charge on any atom is -0.493 e. The normalized spacial score (nSPS) is 10.5. The van der Waals surface area contributed by atoms with Gasteiger partial charge in [-0.25, -0.2) is 4.98 Å². The highest BCUT2D eigenvalue weighted by Crippen LogP contribution is 2.35. The first kappa shape index (κ1) is 16.8. The van der Waals surface area contributed by atoms with Crippen molar-refractivity contribution in [1.82, 2.24) is 9.97 Å². The summed E-state index contributed by atoms with van der Waals surface area (Å²) in [5.41, 5.74) is 6.84. The number of hydrogen-bond donors (Lipinski definition) is 2. The van der Waals surface area contributed by atoms with E-state index in [0.717, 1.165) is 0 Å². The fraction of sp³-hybridized carbons (Fsp3) is 0.118. The van der Waals surface area contributed by atoms with Crippen LogP contribution in [-0.4, -0.2) is 30.1 Å². The molecule has 0 aliphatic heterocycles. The molecule has 0 saturated heterocycles. The van der Waals surface area contributed by atoms with Crippen molar-refractivity contribution in [1.29, 1.82) is 0 Å². The van der Waals surface area contributed by atoms with E-state index in [9.17, 15) is 4.79 Å². The van der Waals surface area contributed by atoms with Crippen molar-refractivity contribution < 1.29 is 14.3 Å². The minimum atomic E-state index is -0.549. The van der Waals surface area contributed by atoms with Gasteiger partial charge in [0.1, 0.15) is 5.82 Å². The van der Waals surface area contributed by atoms with Gasteiger partial charge in [0.15, 0.2) is 11.5 Å². The molecule has 8 heteroatoms. The maximum Gasteiger partial charge on any atom is 0.250 e. The van der Waals surface area contributed by atoms with E-state index >= 15 is 0 Å². The Morgan fingerprint density at radius 3 is 2.48 bits per heavy atom. The lowest BCUT2D eigenvalue weighted by Crippen LogP contribution is -2.13. The van der Waals surface area contributed by atoms with Gasteiger partial charge >= 0.3 is 0 Å². The Hall–Kier alpha value is -3.06. The molecule has 0 radical (unpaired) electrons. The zero-order valence-electron chi connectivity index (χ0n) is 13.5. The number of methoxy groups -OCH3 is 2. The van der Waals surface area contributed by atoms with Gasteiger partial charge in [0.25, 0.3) is 5.91 Å². The molecule has 0 atom stereocenters. The van der Waals surface area contributed by atoms with Gasteiger partial charge in [0.2, 0.25) is 5.28 Å². The molecule has 1 aromatic heterocycles. The Labute approximate surface area is 148 Å². The summed E-state index contributed by atoms with van der Waals surface area (Å²) < 4.78 is 10.6. The molecule has 0 unspecified atom stereocenters. The number of benzene rings is 2. The third-order valence-electron chi connectivity index (χ3n) is 3.62. The predicted octanol–water partition coefficient (Wildman–Crippen LogP) is 3.14. The zero-order valence-corrected chi connectivity index (χ0v) is 14.3. The number of primary amides is 1. The summed E-state index contributed by atoms with van der Waals surface area (Å²) in [6, 6.07) is 10.3. The molecule has 0 fully saturated rings. The molecule has 3 rings (SSSR count). The van der Waals surface area contributed by atoms with E-state index in [1.54, 1.807) is 36.4 Å². The first-order valence-electron chi connectivity index (χ1n) is 7.28. The van der Waals surface area contributed by atoms with E-state index in [1.807, 2.05) is 0 Å². The van der Waals surface area contributed by atoms with Crippen molar-refractivity contribution in [3.8, 4) is 11.5 Å². The summed E-state index contributed by atoms with van der Waals surface area (Å²) in [5.74, 6) is 0.914. The average Bonchev–Trinajstić information content (AvgIpc) is 2.60. The van der Waals surface area contributed by atoms with Crippen molar-refractivity contribution >= 4 is 39.9 Å². The third kappa shape index (κ3) is 3.27. The van der Waals surface area contributed by atoms with Crippen LogP contribution in [-0.2, 0) is 0 Å². The Balaban J connectivity index is 2.18. The van der Waals surface area contributed by atoms with Gasteiger partial charge < -0.3 is 20.5 Å². The van der Waals surface area contributed by atoms with Crippen LogP contribution < -0.4 is 20.5 Å². The van der Waals surface area contributed by atoms with Crippen LogP contribution >= 0.6 is 11.6 Å². The van der Waals surface area contributed by atoms with Gasteiger partial charge in [0.05, 0.1) is 31.0 Å². The largest absolute Gasteiger partial charge is 0.493 e. The predicted molar refractivity (Wildman–Crippen MR) is 95.9 cm³/mol. The smallest absolute Gasteiger partial charge is 0.250 e. The molecule has 2 aromatic carbocycles. The second-order valence-electron chi connectivity index (χ2n) is 5.10. The molecule has 0 aliphatic rings. The summed E-state index contributed by atoms with van der Waals surface area (Å²) in [4.78, 5) is 20.0. The van der Waals surface area contributed by atoms with Crippen molar-refractivity contribution in [2.24, 2.45) is 5.73 Å². The third-order valence-corrected chi connectivity index (χ3v) is 3.79. The van der Waals surface area contributed by atoms with Gasteiger partial charge in [-0.1, -0.05) is 12.1 Å². The lowest BCUT2D eigenvalue weighted by molar-refractivity contribution is 0.100. The number of para-hydroxylation sites is 1. The van der Waals surface area contributed by atoms with Crippen molar-refractivity contribution in [2.45, 2.75) is 0 Å². The van der Waals surface area contributed by atoms with Gasteiger partial charge in [-0.15, -0.1) is 0 Å². The Bertz CT molecular complexity index is 962. The number of halogens is 1. The van der Waals surface area contributed by atoms with Crippen LogP contribution in [0.25, 0.3) is 10.9 Å². The first-order valence-corrected chi connectivity index (χ1v) is 7.66. The zero-order chi connectivity index (χ0) is 18.0. The second kappa shape index (κ2) is 6.82. The maximum atomic E-state index is 11.6. The quantitative estimate of drug-likeness (QED) is 0.680. The van der Waals surface area contributed by atoms with Crippen molar-refractivity contribution in [2.75, 3.05) is 19.5 Å². The van der Waals surface area contributed by atoms with Gasteiger partial charge in [0, 0.05) is 11.5 Å². The van der Waals surface area contributed by atoms with Crippen LogP contribution in [0.4, 0.5) is 11.5 Å². The second-order valence-corrected chi connectivity index (χ2v) is 5.44. The molecule has 0 spiro atoms. The average molecular weight is 359 g/mol. The lowest BCUT2D eigenvalue weighted by atomic mass is 10.1. The number of hydrogen-bond acceptors (Lipinski definition) is 6. The molecule has 3 aromatic rings. The number of amides is 1. The van der Waals surface area contributed by atoms with Crippen LogP contribution in [0.2, 0.25) is 5.28 Å². The molecular weight excluding hydrogens is 344 g/mol. The topological polar surface area (TPSA) is 99.4 Å². The fourth-order valence-electron chi connectivity index (χ4n) is 2.46. The molecule has 1 heterocycles. The van der Waals surface area contributed by atoms with Gasteiger partial charge in [-0.3, -0.25) is 4.79 Å². The van der Waals surface area contributed by atoms with E-state index in [2.05, 4.69) is 15.3 Å². The highest BCUT2D eigenvalue weighted by atomic mass is 35.5. The number of carbonyl (C=O) groups excluding carboxylic acids is 1. The number of fused-ring (bicyclic) bond motifs is 1. The summed E-state index contributed by atoms with van der Waals surface area (Å²) in [6.07, 6.45) is 0. The van der Waals surface area contributed by atoms with Crippen LogP contribution in [0.5, 0.6) is 11.5 Å². The number of nitrogens with one attached hydrogen (secondary N) is 1. The molecule has 0 saturated carbocycles. The Morgan fingerprint density at radius 1 is 1.12 bits per heavy atom. The Morgan fingerprint density at radius 2 is 1.80 bits per heavy atom. The van der Waals surface area contributed by atoms with E-state index in [-0.39, 0.29) is 5.28 Å². The molecule has 1 amide bonds. The molecule has 7 nitrogen and oxygen atoms in total. The van der Waals surface area contributed by atoms with E-state index in [1.165, 1.54) is 14.2 Å². The summed E-state index contributed by atoms with van der Waals surface area (Å²) in [7, 11) is 3.07. The number of aromatic nitrogens is 2. The fourth-order valence-corrected chi connectivity index (χ4v) is 2.63. The Kier molecular flexibility index (Phi) is 4.58. The maximum absolute atomic E-state index is 11.6. The highest BCUT2D eigenvalue weighted by Gasteiger charge is 2.15. The van der Waals surface area contributed by atoms with Gasteiger partial charge in [-0.2, -0.15) is 4.98 Å². The first-order chi connectivity index (χ1) is 12.0. The van der Waals surface area contributed by atoms with Crippen LogP contribution in [0, 0.1) is 0 Å². The van der Waals surface area contributed by atoms with Crippen LogP contribution in [0.3, 0.4) is 0 Å². The van der Waals surface area contributed by atoms with Crippen LogP contribution in [0.1, 0.15) is 10.4 Å². The summed E-state index contributed by atoms with van der Waals surface area (Å²) in [5, 5.41) is 3.80. The minimum absolute atomic E-state index is 0.0544. The van der Waals surface area contributed by atoms with Crippen molar-refractivity contribution in [3.63, 3.8) is 0 Å². The number of rotatable bonds is 5. The highest BCUT2D eigenvalue weighted by molar-refractivity contribution is 6.29. The molecular formula is C17H15ClN4O3. The molecule has 25 heavy (non-hydrogen) atoms. The number of anilines is 2. The van der Waals surface area contributed by atoms with Crippen LogP contribution in [0.15, 0.2) is 36.4 Å². The van der Waals surface area contributed by atoms with E-state index in [4.69, 9.17) is 26.8 Å². The number of ether oxygens (including phenoxy) is 2. The van der Waals surface area contributed by atoms with E-state index < -0.39 is 5.91 Å². The molecule has 0 bridgehead atoms. The van der Waals surface area contributed by atoms with Gasteiger partial charge in [-0.05, 0) is 29.8 Å². The molecule has 0 aliphatic carbocycles.